The summed E-state index contributed by atoms with van der Waals surface area (Å²) in [6.45, 7) is 9.16. The fraction of sp³-hybridized carbons (Fsp3) is 0.440. The molecule has 26 heavy (non-hydrogen) atoms. The third kappa shape index (κ3) is 3.87. The van der Waals surface area contributed by atoms with E-state index in [-0.39, 0.29) is 0 Å². The van der Waals surface area contributed by atoms with Crippen LogP contribution in [-0.2, 0) is 0 Å². The van der Waals surface area contributed by atoms with Crippen LogP contribution < -0.4 is 4.90 Å². The minimum Gasteiger partial charge on any atom is -0.378 e. The Morgan fingerprint density at radius 2 is 1.23 bits per heavy atom. The van der Waals surface area contributed by atoms with E-state index in [4.69, 9.17) is 0 Å². The molecule has 0 amide bonds. The summed E-state index contributed by atoms with van der Waals surface area (Å²) in [5.41, 5.74) is 5.50. The topological polar surface area (TPSA) is 3.24 Å². The van der Waals surface area contributed by atoms with Crippen LogP contribution in [0, 0.1) is 23.7 Å². The molecule has 3 rings (SSSR count). The molecule has 1 aromatic carbocycles. The fourth-order valence-electron chi connectivity index (χ4n) is 4.63. The smallest absolute Gasteiger partial charge is 0.0361 e. The van der Waals surface area contributed by atoms with Crippen LogP contribution >= 0.6 is 0 Å². The summed E-state index contributed by atoms with van der Waals surface area (Å²) in [6.07, 6.45) is 14.4. The number of nitrogens with zero attached hydrogens (tertiary/aromatic N) is 1. The summed E-state index contributed by atoms with van der Waals surface area (Å²) in [5, 5.41) is 0. The average Bonchev–Trinajstić information content (AvgIpc) is 2.59. The van der Waals surface area contributed by atoms with E-state index >= 15 is 0 Å². The molecule has 0 bridgehead atoms. The molecule has 0 spiro atoms. The molecule has 0 aliphatic heterocycles. The van der Waals surface area contributed by atoms with Gasteiger partial charge in [0, 0.05) is 19.8 Å². The number of hydrogen-bond donors (Lipinski definition) is 0. The van der Waals surface area contributed by atoms with E-state index in [9.17, 15) is 0 Å². The first kappa shape index (κ1) is 18.8. The molecule has 0 N–H and O–H groups in total. The lowest BCUT2D eigenvalue weighted by Gasteiger charge is -2.38. The molecule has 1 aromatic rings. The Morgan fingerprint density at radius 3 is 1.62 bits per heavy atom. The van der Waals surface area contributed by atoms with E-state index in [1.165, 1.54) is 22.4 Å². The quantitative estimate of drug-likeness (QED) is 0.611. The van der Waals surface area contributed by atoms with Gasteiger partial charge in [0.1, 0.15) is 0 Å². The maximum atomic E-state index is 2.45. The van der Waals surface area contributed by atoms with Gasteiger partial charge in [-0.3, -0.25) is 0 Å². The highest BCUT2D eigenvalue weighted by molar-refractivity contribution is 5.47. The lowest BCUT2D eigenvalue weighted by atomic mass is 9.65. The Morgan fingerprint density at radius 1 is 0.769 bits per heavy atom. The first-order chi connectivity index (χ1) is 12.4. The van der Waals surface area contributed by atoms with Crippen molar-refractivity contribution >= 4 is 5.69 Å². The molecule has 1 nitrogen and oxygen atoms in total. The van der Waals surface area contributed by atoms with Gasteiger partial charge in [0.05, 0.1) is 0 Å². The van der Waals surface area contributed by atoms with E-state index in [1.54, 1.807) is 0 Å². The van der Waals surface area contributed by atoms with Gasteiger partial charge >= 0.3 is 0 Å². The van der Waals surface area contributed by atoms with E-state index < -0.39 is 0 Å². The molecular formula is C25H33N. The summed E-state index contributed by atoms with van der Waals surface area (Å²) in [7, 11) is 4.21. The Bertz CT molecular complexity index is 705. The molecule has 2 aliphatic carbocycles. The van der Waals surface area contributed by atoms with Crippen LogP contribution in [0.5, 0.6) is 0 Å². The Labute approximate surface area is 159 Å². The largest absolute Gasteiger partial charge is 0.378 e. The molecule has 0 heterocycles. The predicted molar refractivity (Wildman–Crippen MR) is 115 cm³/mol. The lowest BCUT2D eigenvalue weighted by Crippen LogP contribution is -2.29. The third-order valence-electron chi connectivity index (χ3n) is 6.05. The number of anilines is 1. The summed E-state index contributed by atoms with van der Waals surface area (Å²) in [4.78, 5) is 2.17. The second-order valence-corrected chi connectivity index (χ2v) is 8.42. The molecule has 0 aromatic heterocycles. The number of hydrogen-bond acceptors (Lipinski definition) is 1. The van der Waals surface area contributed by atoms with Crippen molar-refractivity contribution in [2.75, 3.05) is 19.0 Å². The van der Waals surface area contributed by atoms with Crippen LogP contribution in [0.25, 0.3) is 0 Å². The van der Waals surface area contributed by atoms with Crippen LogP contribution in [0.2, 0.25) is 0 Å². The second-order valence-electron chi connectivity index (χ2n) is 8.42. The average molecular weight is 348 g/mol. The van der Waals surface area contributed by atoms with Gasteiger partial charge < -0.3 is 4.90 Å². The lowest BCUT2D eigenvalue weighted by molar-refractivity contribution is 0.304. The molecule has 0 saturated heterocycles. The van der Waals surface area contributed by atoms with Gasteiger partial charge in [0.25, 0.3) is 0 Å². The number of allylic oxidation sites excluding steroid dienone is 8. The minimum atomic E-state index is 0.498. The van der Waals surface area contributed by atoms with Gasteiger partial charge in [-0.05, 0) is 61.1 Å². The summed E-state index contributed by atoms with van der Waals surface area (Å²) in [6, 6.07) is 9.22. The normalized spacial score (nSPS) is 29.2. The maximum absolute atomic E-state index is 2.45. The molecule has 138 valence electrons. The van der Waals surface area contributed by atoms with Crippen LogP contribution in [0.4, 0.5) is 5.69 Å². The molecule has 0 radical (unpaired) electrons. The van der Waals surface area contributed by atoms with Crippen molar-refractivity contribution in [1.82, 2.24) is 0 Å². The Balaban J connectivity index is 1.99. The molecule has 0 fully saturated rings. The zero-order chi connectivity index (χ0) is 18.8. The van der Waals surface area contributed by atoms with Gasteiger partial charge in [-0.1, -0.05) is 73.6 Å². The molecule has 4 atom stereocenters. The first-order valence-corrected chi connectivity index (χ1v) is 9.87. The van der Waals surface area contributed by atoms with Crippen LogP contribution in [-0.4, -0.2) is 14.1 Å². The summed E-state index contributed by atoms with van der Waals surface area (Å²) in [5.74, 6) is 2.69. The van der Waals surface area contributed by atoms with Gasteiger partial charge in [-0.2, -0.15) is 0 Å². The van der Waals surface area contributed by atoms with E-state index in [1.807, 2.05) is 0 Å². The molecule has 4 unspecified atom stereocenters. The van der Waals surface area contributed by atoms with Crippen molar-refractivity contribution in [1.29, 1.82) is 0 Å². The van der Waals surface area contributed by atoms with E-state index in [0.29, 0.717) is 29.6 Å². The van der Waals surface area contributed by atoms with Gasteiger partial charge in [-0.25, -0.2) is 0 Å². The zero-order valence-electron chi connectivity index (χ0n) is 17.1. The Hall–Kier alpha value is -2.02. The second kappa shape index (κ2) is 7.70. The van der Waals surface area contributed by atoms with Gasteiger partial charge in [0.15, 0.2) is 0 Å². The van der Waals surface area contributed by atoms with Crippen molar-refractivity contribution in [2.45, 2.75) is 33.6 Å². The monoisotopic (exact) mass is 347 g/mol. The van der Waals surface area contributed by atoms with Crippen molar-refractivity contribution in [3.63, 3.8) is 0 Å². The van der Waals surface area contributed by atoms with Crippen molar-refractivity contribution in [3.05, 3.63) is 77.4 Å². The van der Waals surface area contributed by atoms with Crippen molar-refractivity contribution in [3.8, 4) is 0 Å². The van der Waals surface area contributed by atoms with Crippen molar-refractivity contribution < 1.29 is 0 Å². The van der Waals surface area contributed by atoms with E-state index in [2.05, 4.69) is 107 Å². The standard InChI is InChI=1S/C25H33N/c1-17-7-13-23(19(3)15-17)25(24-14-8-18(2)16-20(24)4)21-9-11-22(12-10-21)26(5)6/h7-16,19-20,23-25H,1-6H3. The predicted octanol–water partition coefficient (Wildman–Crippen LogP) is 6.37. The highest BCUT2D eigenvalue weighted by atomic mass is 15.1. The highest BCUT2D eigenvalue weighted by Crippen LogP contribution is 2.45. The first-order valence-electron chi connectivity index (χ1n) is 9.87. The zero-order valence-corrected chi connectivity index (χ0v) is 17.1. The van der Waals surface area contributed by atoms with E-state index in [0.717, 1.165) is 0 Å². The molecule has 0 saturated carbocycles. The maximum Gasteiger partial charge on any atom is 0.0361 e. The summed E-state index contributed by atoms with van der Waals surface area (Å²) >= 11 is 0. The Kier molecular flexibility index (Phi) is 5.55. The van der Waals surface area contributed by atoms with Crippen LogP contribution in [0.3, 0.4) is 0 Å². The number of rotatable bonds is 4. The van der Waals surface area contributed by atoms with Crippen molar-refractivity contribution in [2.24, 2.45) is 23.7 Å². The fourth-order valence-corrected chi connectivity index (χ4v) is 4.63. The summed E-state index contributed by atoms with van der Waals surface area (Å²) < 4.78 is 0. The number of benzene rings is 1. The van der Waals surface area contributed by atoms with Gasteiger partial charge in [-0.15, -0.1) is 0 Å². The van der Waals surface area contributed by atoms with Crippen LogP contribution in [0.1, 0.15) is 39.2 Å². The minimum absolute atomic E-state index is 0.498. The third-order valence-corrected chi connectivity index (χ3v) is 6.05. The van der Waals surface area contributed by atoms with Gasteiger partial charge in [0.2, 0.25) is 0 Å². The molecule has 1 heteroatoms. The molecule has 2 aliphatic rings. The molecular weight excluding hydrogens is 314 g/mol. The van der Waals surface area contributed by atoms with Crippen LogP contribution in [0.15, 0.2) is 71.9 Å². The highest BCUT2D eigenvalue weighted by Gasteiger charge is 2.35. The SMILES string of the molecule is CC1=CC(C)C(C(c2ccc(N(C)C)cc2)C2C=CC(C)=CC2C)C=C1.